The number of hydrogen-bond donors (Lipinski definition) is 0. The highest BCUT2D eigenvalue weighted by atomic mass is 35.5. The van der Waals surface area contributed by atoms with E-state index in [1.807, 2.05) is 47.2 Å². The third kappa shape index (κ3) is 1.58. The van der Waals surface area contributed by atoms with Gasteiger partial charge < -0.3 is 4.57 Å². The lowest BCUT2D eigenvalue weighted by molar-refractivity contribution is 1.08. The van der Waals surface area contributed by atoms with Crippen molar-refractivity contribution in [3.63, 3.8) is 0 Å². The van der Waals surface area contributed by atoms with Crippen molar-refractivity contribution in [1.82, 2.24) is 4.57 Å². The average molecular weight is 212 g/mol. The summed E-state index contributed by atoms with van der Waals surface area (Å²) in [7, 11) is 0. The topological polar surface area (TPSA) is 4.93 Å². The normalized spacial score (nSPS) is 10.3. The van der Waals surface area contributed by atoms with Crippen LogP contribution in [-0.4, -0.2) is 4.57 Å². The van der Waals surface area contributed by atoms with Crippen LogP contribution in [0.2, 0.25) is 10.2 Å². The van der Waals surface area contributed by atoms with E-state index in [4.69, 9.17) is 23.2 Å². The summed E-state index contributed by atoms with van der Waals surface area (Å²) in [6, 6.07) is 11.3. The lowest BCUT2D eigenvalue weighted by Gasteiger charge is -2.06. The molecule has 1 aromatic heterocycles. The highest BCUT2D eigenvalue weighted by molar-refractivity contribution is 6.33. The molecule has 1 aromatic carbocycles. The summed E-state index contributed by atoms with van der Waals surface area (Å²) < 4.78 is 1.84. The first kappa shape index (κ1) is 8.67. The summed E-state index contributed by atoms with van der Waals surface area (Å²) in [6.07, 6.45) is 1.88. The van der Waals surface area contributed by atoms with E-state index in [0.717, 1.165) is 5.69 Å². The smallest absolute Gasteiger partial charge is 0.113 e. The number of aromatic nitrogens is 1. The first-order valence-corrected chi connectivity index (χ1v) is 4.62. The molecule has 0 bridgehead atoms. The summed E-state index contributed by atoms with van der Waals surface area (Å²) in [5.74, 6) is 0. The van der Waals surface area contributed by atoms with Crippen LogP contribution in [0.15, 0.2) is 42.6 Å². The Labute approximate surface area is 86.5 Å². The van der Waals surface area contributed by atoms with Crippen molar-refractivity contribution in [1.29, 1.82) is 0 Å². The maximum absolute atomic E-state index is 6.01. The number of hydrogen-bond acceptors (Lipinski definition) is 0. The van der Waals surface area contributed by atoms with Crippen LogP contribution >= 0.6 is 23.2 Å². The minimum absolute atomic E-state index is 0.660. The van der Waals surface area contributed by atoms with Crippen molar-refractivity contribution in [2.45, 2.75) is 0 Å². The highest BCUT2D eigenvalue weighted by Crippen LogP contribution is 2.23. The number of halogens is 2. The van der Waals surface area contributed by atoms with E-state index in [9.17, 15) is 0 Å². The third-order valence-electron chi connectivity index (χ3n) is 1.81. The Morgan fingerprint density at radius 2 is 1.69 bits per heavy atom. The maximum atomic E-state index is 6.01. The Bertz CT molecular complexity index is 420. The summed E-state index contributed by atoms with van der Waals surface area (Å²) in [4.78, 5) is 0. The van der Waals surface area contributed by atoms with Crippen LogP contribution in [0.3, 0.4) is 0 Å². The van der Waals surface area contributed by atoms with Crippen molar-refractivity contribution >= 4 is 23.2 Å². The molecule has 0 radical (unpaired) electrons. The standard InChI is InChI=1S/C10H7Cl2N/c11-8-4-1-2-5-9(8)13-7-3-6-10(13)12/h1-7H. The van der Waals surface area contributed by atoms with Crippen molar-refractivity contribution in [3.8, 4) is 5.69 Å². The molecule has 13 heavy (non-hydrogen) atoms. The monoisotopic (exact) mass is 211 g/mol. The van der Waals surface area contributed by atoms with E-state index in [-0.39, 0.29) is 0 Å². The van der Waals surface area contributed by atoms with Crippen LogP contribution in [-0.2, 0) is 0 Å². The van der Waals surface area contributed by atoms with Gasteiger partial charge in [-0.25, -0.2) is 0 Å². The molecule has 0 saturated carbocycles. The molecule has 1 heterocycles. The molecule has 0 aliphatic carbocycles. The van der Waals surface area contributed by atoms with Gasteiger partial charge in [-0.15, -0.1) is 0 Å². The summed E-state index contributed by atoms with van der Waals surface area (Å²) in [5.41, 5.74) is 0.902. The zero-order valence-corrected chi connectivity index (χ0v) is 8.26. The van der Waals surface area contributed by atoms with Crippen LogP contribution in [0.25, 0.3) is 5.69 Å². The molecule has 0 spiro atoms. The zero-order chi connectivity index (χ0) is 9.26. The summed E-state index contributed by atoms with van der Waals surface area (Å²) >= 11 is 12.0. The van der Waals surface area contributed by atoms with E-state index < -0.39 is 0 Å². The number of benzene rings is 1. The zero-order valence-electron chi connectivity index (χ0n) is 6.74. The summed E-state index contributed by atoms with van der Waals surface area (Å²) in [5, 5.41) is 1.36. The largest absolute Gasteiger partial charge is 0.306 e. The quantitative estimate of drug-likeness (QED) is 0.677. The molecule has 2 aromatic rings. The molecule has 3 heteroatoms. The van der Waals surface area contributed by atoms with Crippen molar-refractivity contribution in [2.75, 3.05) is 0 Å². The minimum atomic E-state index is 0.660. The average Bonchev–Trinajstić information content (AvgIpc) is 2.52. The number of nitrogens with zero attached hydrogens (tertiary/aromatic N) is 1. The predicted octanol–water partition coefficient (Wildman–Crippen LogP) is 3.78. The minimum Gasteiger partial charge on any atom is -0.306 e. The fourth-order valence-corrected chi connectivity index (χ4v) is 1.65. The van der Waals surface area contributed by atoms with E-state index in [0.29, 0.717) is 10.2 Å². The van der Waals surface area contributed by atoms with Gasteiger partial charge in [0.25, 0.3) is 0 Å². The van der Waals surface area contributed by atoms with Crippen molar-refractivity contribution < 1.29 is 0 Å². The Kier molecular flexibility index (Phi) is 2.30. The Balaban J connectivity index is 2.59. The second kappa shape index (κ2) is 3.44. The van der Waals surface area contributed by atoms with Crippen molar-refractivity contribution in [2.24, 2.45) is 0 Å². The van der Waals surface area contributed by atoms with Gasteiger partial charge in [-0.2, -0.15) is 0 Å². The predicted molar refractivity (Wildman–Crippen MR) is 55.8 cm³/mol. The molecule has 0 fully saturated rings. The Morgan fingerprint density at radius 3 is 2.31 bits per heavy atom. The van der Waals surface area contributed by atoms with Crippen LogP contribution in [0.1, 0.15) is 0 Å². The highest BCUT2D eigenvalue weighted by Gasteiger charge is 2.03. The summed E-state index contributed by atoms with van der Waals surface area (Å²) in [6.45, 7) is 0. The molecule has 1 nitrogen and oxygen atoms in total. The van der Waals surface area contributed by atoms with Crippen molar-refractivity contribution in [3.05, 3.63) is 52.8 Å². The van der Waals surface area contributed by atoms with Gasteiger partial charge in [-0.3, -0.25) is 0 Å². The molecular formula is C10H7Cl2N. The molecule has 2 rings (SSSR count). The van der Waals surface area contributed by atoms with Gasteiger partial charge >= 0.3 is 0 Å². The molecule has 0 amide bonds. The Hall–Kier alpha value is -0.920. The van der Waals surface area contributed by atoms with E-state index in [1.165, 1.54) is 0 Å². The Morgan fingerprint density at radius 1 is 0.923 bits per heavy atom. The van der Waals surface area contributed by atoms with Crippen LogP contribution in [0.4, 0.5) is 0 Å². The van der Waals surface area contributed by atoms with Gasteiger partial charge in [0, 0.05) is 6.20 Å². The fourth-order valence-electron chi connectivity index (χ4n) is 1.20. The fraction of sp³-hybridized carbons (Fsp3) is 0. The SMILES string of the molecule is Clc1ccccc1-n1cccc1Cl. The first-order valence-electron chi connectivity index (χ1n) is 3.87. The van der Waals surface area contributed by atoms with Gasteiger partial charge in [0.1, 0.15) is 5.15 Å². The van der Waals surface area contributed by atoms with E-state index in [2.05, 4.69) is 0 Å². The number of rotatable bonds is 1. The van der Waals surface area contributed by atoms with E-state index >= 15 is 0 Å². The molecule has 0 unspecified atom stereocenters. The lowest BCUT2D eigenvalue weighted by atomic mass is 10.3. The molecule has 0 aliphatic rings. The van der Waals surface area contributed by atoms with Gasteiger partial charge in [-0.05, 0) is 24.3 Å². The number of para-hydroxylation sites is 1. The second-order valence-corrected chi connectivity index (χ2v) is 3.45. The molecular weight excluding hydrogens is 205 g/mol. The molecule has 0 aliphatic heterocycles. The molecule has 0 atom stereocenters. The molecule has 66 valence electrons. The molecule has 0 N–H and O–H groups in total. The van der Waals surface area contributed by atoms with Gasteiger partial charge in [0.2, 0.25) is 0 Å². The van der Waals surface area contributed by atoms with E-state index in [1.54, 1.807) is 0 Å². The second-order valence-electron chi connectivity index (χ2n) is 2.65. The van der Waals surface area contributed by atoms with Gasteiger partial charge in [-0.1, -0.05) is 35.3 Å². The maximum Gasteiger partial charge on any atom is 0.113 e. The first-order chi connectivity index (χ1) is 6.29. The van der Waals surface area contributed by atoms with Crippen LogP contribution < -0.4 is 0 Å². The van der Waals surface area contributed by atoms with Crippen LogP contribution in [0, 0.1) is 0 Å². The molecule has 0 saturated heterocycles. The van der Waals surface area contributed by atoms with Crippen LogP contribution in [0.5, 0.6) is 0 Å². The van der Waals surface area contributed by atoms with Gasteiger partial charge in [0.15, 0.2) is 0 Å². The van der Waals surface area contributed by atoms with Gasteiger partial charge in [0.05, 0.1) is 10.7 Å². The third-order valence-corrected chi connectivity index (χ3v) is 2.44. The lowest BCUT2D eigenvalue weighted by Crippen LogP contribution is -1.91.